The molecule has 96 valence electrons. The van der Waals surface area contributed by atoms with Crippen LogP contribution in [0.1, 0.15) is 16.8 Å². The van der Waals surface area contributed by atoms with Gasteiger partial charge in [-0.15, -0.1) is 0 Å². The van der Waals surface area contributed by atoms with E-state index in [0.717, 1.165) is 0 Å². The summed E-state index contributed by atoms with van der Waals surface area (Å²) in [6, 6.07) is 10.7. The summed E-state index contributed by atoms with van der Waals surface area (Å²) in [5.74, 6) is 0.503. The number of aromatic nitrogens is 1. The Morgan fingerprint density at radius 3 is 2.89 bits per heavy atom. The summed E-state index contributed by atoms with van der Waals surface area (Å²) in [6.45, 7) is -0.00275. The Hall–Kier alpha value is -2.09. The van der Waals surface area contributed by atoms with Crippen LogP contribution in [0.4, 0.5) is 0 Å². The number of nitriles is 1. The zero-order chi connectivity index (χ0) is 13.7. The Bertz CT molecular complexity index is 623. The van der Waals surface area contributed by atoms with Crippen molar-refractivity contribution in [2.24, 2.45) is 0 Å². The van der Waals surface area contributed by atoms with Crippen molar-refractivity contribution >= 4 is 11.6 Å². The minimum absolute atomic E-state index is 0.198. The van der Waals surface area contributed by atoms with Crippen LogP contribution in [-0.4, -0.2) is 10.1 Å². The summed E-state index contributed by atoms with van der Waals surface area (Å²) < 4.78 is 5.60. The summed E-state index contributed by atoms with van der Waals surface area (Å²) in [7, 11) is 0. The number of halogens is 1. The summed E-state index contributed by atoms with van der Waals surface area (Å²) in [4.78, 5) is 3.95. The van der Waals surface area contributed by atoms with Gasteiger partial charge in [0.1, 0.15) is 24.1 Å². The number of aliphatic hydroxyl groups is 1. The quantitative estimate of drug-likeness (QED) is 0.931. The van der Waals surface area contributed by atoms with Gasteiger partial charge < -0.3 is 9.84 Å². The third-order valence-corrected chi connectivity index (χ3v) is 2.97. The average molecular weight is 275 g/mol. The summed E-state index contributed by atoms with van der Waals surface area (Å²) >= 11 is 5.97. The first-order valence-corrected chi connectivity index (χ1v) is 5.99. The lowest BCUT2D eigenvalue weighted by molar-refractivity contribution is 0.259. The first kappa shape index (κ1) is 13.3. The van der Waals surface area contributed by atoms with Gasteiger partial charge in [0.2, 0.25) is 0 Å². The average Bonchev–Trinajstić information content (AvgIpc) is 2.45. The molecule has 1 aromatic heterocycles. The van der Waals surface area contributed by atoms with Crippen molar-refractivity contribution in [3.63, 3.8) is 0 Å². The third kappa shape index (κ3) is 3.02. The van der Waals surface area contributed by atoms with E-state index in [1.807, 2.05) is 6.07 Å². The van der Waals surface area contributed by atoms with Gasteiger partial charge in [0.25, 0.3) is 0 Å². The molecular weight excluding hydrogens is 264 g/mol. The minimum atomic E-state index is -0.201. The highest BCUT2D eigenvalue weighted by Gasteiger charge is 2.09. The summed E-state index contributed by atoms with van der Waals surface area (Å²) in [6.07, 6.45) is 1.56. The molecule has 2 rings (SSSR count). The topological polar surface area (TPSA) is 66.1 Å². The number of aliphatic hydroxyl groups excluding tert-OH is 1. The molecular formula is C14H11ClN2O2. The van der Waals surface area contributed by atoms with Gasteiger partial charge in [0.05, 0.1) is 6.61 Å². The fourth-order valence-corrected chi connectivity index (χ4v) is 1.86. The molecule has 2 aromatic rings. The second-order valence-corrected chi connectivity index (χ2v) is 4.19. The molecule has 0 atom stereocenters. The maximum absolute atomic E-state index is 9.27. The molecule has 4 nitrogen and oxygen atoms in total. The van der Waals surface area contributed by atoms with E-state index in [2.05, 4.69) is 4.98 Å². The molecule has 0 fully saturated rings. The van der Waals surface area contributed by atoms with E-state index in [4.69, 9.17) is 21.6 Å². The number of hydrogen-bond donors (Lipinski definition) is 1. The van der Waals surface area contributed by atoms with Crippen LogP contribution in [0.15, 0.2) is 36.5 Å². The van der Waals surface area contributed by atoms with Crippen LogP contribution in [0, 0.1) is 11.3 Å². The van der Waals surface area contributed by atoms with Crippen molar-refractivity contribution in [3.8, 4) is 11.8 Å². The second kappa shape index (κ2) is 6.19. The minimum Gasteiger partial charge on any atom is -0.488 e. The smallest absolute Gasteiger partial charge is 0.147 e. The van der Waals surface area contributed by atoms with Crippen LogP contribution in [0.25, 0.3) is 0 Å². The van der Waals surface area contributed by atoms with Crippen molar-refractivity contribution in [3.05, 3.63) is 58.4 Å². The molecule has 0 bridgehead atoms. The lowest BCUT2D eigenvalue weighted by Gasteiger charge is -2.11. The van der Waals surface area contributed by atoms with E-state index in [1.165, 1.54) is 0 Å². The van der Waals surface area contributed by atoms with Gasteiger partial charge in [-0.05, 0) is 18.2 Å². The molecule has 0 radical (unpaired) electrons. The molecule has 0 saturated heterocycles. The maximum atomic E-state index is 9.27. The highest BCUT2D eigenvalue weighted by atomic mass is 35.5. The number of nitrogens with zero attached hydrogens (tertiary/aromatic N) is 2. The van der Waals surface area contributed by atoms with Gasteiger partial charge in [0.15, 0.2) is 0 Å². The Kier molecular flexibility index (Phi) is 4.35. The van der Waals surface area contributed by atoms with E-state index in [-0.39, 0.29) is 13.2 Å². The number of hydrogen-bond acceptors (Lipinski definition) is 4. The van der Waals surface area contributed by atoms with Crippen LogP contribution in [0.2, 0.25) is 5.02 Å². The molecule has 19 heavy (non-hydrogen) atoms. The molecule has 0 saturated carbocycles. The normalized spacial score (nSPS) is 9.95. The maximum Gasteiger partial charge on any atom is 0.147 e. The zero-order valence-corrected chi connectivity index (χ0v) is 10.8. The Labute approximate surface area is 115 Å². The van der Waals surface area contributed by atoms with E-state index >= 15 is 0 Å². The van der Waals surface area contributed by atoms with E-state index in [1.54, 1.807) is 36.5 Å². The zero-order valence-electron chi connectivity index (χ0n) is 10.0. The van der Waals surface area contributed by atoms with Gasteiger partial charge in [-0.2, -0.15) is 5.26 Å². The monoisotopic (exact) mass is 274 g/mol. The number of benzene rings is 1. The Balaban J connectivity index is 2.20. The van der Waals surface area contributed by atoms with Crippen LogP contribution in [0.3, 0.4) is 0 Å². The standard InChI is InChI=1S/C14H11ClN2O2/c15-12-4-1-5-14(11(12)8-18)19-9-10-3-2-6-17-13(10)7-16/h1-6,18H,8-9H2. The molecule has 0 unspecified atom stereocenters. The SMILES string of the molecule is N#Cc1ncccc1COc1cccc(Cl)c1CO. The number of ether oxygens (including phenoxy) is 1. The van der Waals surface area contributed by atoms with Gasteiger partial charge in [0, 0.05) is 22.3 Å². The second-order valence-electron chi connectivity index (χ2n) is 3.79. The van der Waals surface area contributed by atoms with E-state index < -0.39 is 0 Å². The van der Waals surface area contributed by atoms with E-state index in [0.29, 0.717) is 27.6 Å². The Morgan fingerprint density at radius 1 is 1.32 bits per heavy atom. The third-order valence-electron chi connectivity index (χ3n) is 2.61. The van der Waals surface area contributed by atoms with Crippen molar-refractivity contribution in [2.75, 3.05) is 0 Å². The molecule has 1 N–H and O–H groups in total. The fourth-order valence-electron chi connectivity index (χ4n) is 1.64. The molecule has 1 aromatic carbocycles. The predicted octanol–water partition coefficient (Wildman–Crippen LogP) is 2.68. The molecule has 0 aliphatic carbocycles. The van der Waals surface area contributed by atoms with Crippen molar-refractivity contribution in [2.45, 2.75) is 13.2 Å². The summed E-state index contributed by atoms with van der Waals surface area (Å²) in [5, 5.41) is 18.7. The first-order chi connectivity index (χ1) is 9.26. The van der Waals surface area contributed by atoms with Crippen molar-refractivity contribution in [1.82, 2.24) is 4.98 Å². The molecule has 0 amide bonds. The number of pyridine rings is 1. The van der Waals surface area contributed by atoms with Crippen LogP contribution >= 0.6 is 11.6 Å². The largest absolute Gasteiger partial charge is 0.488 e. The lowest BCUT2D eigenvalue weighted by atomic mass is 10.2. The predicted molar refractivity (Wildman–Crippen MR) is 70.7 cm³/mol. The molecule has 5 heteroatoms. The molecule has 1 heterocycles. The van der Waals surface area contributed by atoms with Crippen LogP contribution < -0.4 is 4.74 Å². The van der Waals surface area contributed by atoms with Crippen LogP contribution in [-0.2, 0) is 13.2 Å². The fraction of sp³-hybridized carbons (Fsp3) is 0.143. The van der Waals surface area contributed by atoms with Gasteiger partial charge in [-0.3, -0.25) is 0 Å². The lowest BCUT2D eigenvalue weighted by Crippen LogP contribution is -2.02. The molecule has 0 aliphatic rings. The van der Waals surface area contributed by atoms with Crippen molar-refractivity contribution in [1.29, 1.82) is 5.26 Å². The van der Waals surface area contributed by atoms with Gasteiger partial charge in [-0.25, -0.2) is 4.98 Å². The van der Waals surface area contributed by atoms with E-state index in [9.17, 15) is 5.11 Å². The van der Waals surface area contributed by atoms with Gasteiger partial charge in [-0.1, -0.05) is 23.7 Å². The first-order valence-electron chi connectivity index (χ1n) is 5.61. The van der Waals surface area contributed by atoms with Crippen LogP contribution in [0.5, 0.6) is 5.75 Å². The highest BCUT2D eigenvalue weighted by molar-refractivity contribution is 6.31. The molecule has 0 aliphatic heterocycles. The van der Waals surface area contributed by atoms with Gasteiger partial charge >= 0.3 is 0 Å². The summed E-state index contributed by atoms with van der Waals surface area (Å²) in [5.41, 5.74) is 1.55. The highest BCUT2D eigenvalue weighted by Crippen LogP contribution is 2.27. The number of rotatable bonds is 4. The Morgan fingerprint density at radius 2 is 2.16 bits per heavy atom. The van der Waals surface area contributed by atoms with Crippen molar-refractivity contribution < 1.29 is 9.84 Å². The molecule has 0 spiro atoms.